The molecule has 0 saturated heterocycles. The van der Waals surface area contributed by atoms with Gasteiger partial charge in [0.2, 0.25) is 0 Å². The number of aromatic hydroxyl groups is 3. The van der Waals surface area contributed by atoms with E-state index in [4.69, 9.17) is 15.3 Å². The summed E-state index contributed by atoms with van der Waals surface area (Å²) in [4.78, 5) is 10.6. The number of phenols is 3. The molecule has 0 aliphatic rings. The molecule has 4 nitrogen and oxygen atoms in total. The number of hydrogen-bond donors (Lipinski definition) is 3. The Bertz CT molecular complexity index is 316. The normalized spacial score (nSPS) is 8.92. The zero-order chi connectivity index (χ0) is 9.30. The van der Waals surface area contributed by atoms with Crippen LogP contribution >= 0.6 is 0 Å². The molecule has 1 aromatic rings. The summed E-state index contributed by atoms with van der Waals surface area (Å²) in [6.07, 6.45) is 0. The maximum Gasteiger partial charge on any atom is 1.00 e. The van der Waals surface area contributed by atoms with Gasteiger partial charge in [0.25, 0.3) is 0 Å². The SMILES string of the molecule is O=C([S-])c1cc(O)c(O)c(O)c1.[Ag+]. The minimum atomic E-state index is -0.708. The first kappa shape index (κ1) is 12.3. The van der Waals surface area contributed by atoms with E-state index >= 15 is 0 Å². The third-order valence-electron chi connectivity index (χ3n) is 1.31. The number of carbonyl (C=O) groups excluding carboxylic acids is 1. The average molecular weight is 293 g/mol. The van der Waals surface area contributed by atoms with E-state index in [1.165, 1.54) is 0 Å². The summed E-state index contributed by atoms with van der Waals surface area (Å²) in [6.45, 7) is 0. The molecule has 0 heterocycles. The molecule has 1 rings (SSSR count). The maximum absolute atomic E-state index is 10.6. The van der Waals surface area contributed by atoms with E-state index in [0.29, 0.717) is 0 Å². The average Bonchev–Trinajstić information content (AvgIpc) is 1.99. The number of hydrogen-bond acceptors (Lipinski definition) is 5. The van der Waals surface area contributed by atoms with Crippen LogP contribution in [0.4, 0.5) is 0 Å². The van der Waals surface area contributed by atoms with Crippen LogP contribution in [0.1, 0.15) is 10.4 Å². The van der Waals surface area contributed by atoms with Crippen LogP contribution < -0.4 is 0 Å². The van der Waals surface area contributed by atoms with Crippen molar-refractivity contribution in [2.75, 3.05) is 0 Å². The summed E-state index contributed by atoms with van der Waals surface area (Å²) in [6, 6.07) is 1.98. The second kappa shape index (κ2) is 4.48. The summed E-state index contributed by atoms with van der Waals surface area (Å²) in [5.74, 6) is -1.79. The van der Waals surface area contributed by atoms with E-state index in [1.807, 2.05) is 0 Å². The van der Waals surface area contributed by atoms with Crippen LogP contribution in [0.2, 0.25) is 0 Å². The molecule has 0 fully saturated rings. The summed E-state index contributed by atoms with van der Waals surface area (Å²) in [5, 5.41) is 26.0. The quantitative estimate of drug-likeness (QED) is 0.399. The molecule has 6 heteroatoms. The van der Waals surface area contributed by atoms with Crippen LogP contribution in [0.25, 0.3) is 0 Å². The molecule has 0 aliphatic carbocycles. The fourth-order valence-electron chi connectivity index (χ4n) is 0.722. The fraction of sp³-hybridized carbons (Fsp3) is 0. The Morgan fingerprint density at radius 1 is 1.15 bits per heavy atom. The van der Waals surface area contributed by atoms with Crippen LogP contribution in [0.15, 0.2) is 12.1 Å². The predicted molar refractivity (Wildman–Crippen MR) is 43.1 cm³/mol. The molecule has 13 heavy (non-hydrogen) atoms. The van der Waals surface area contributed by atoms with Crippen molar-refractivity contribution in [3.8, 4) is 17.2 Å². The minimum Gasteiger partial charge on any atom is -0.737 e. The Kier molecular flexibility index (Phi) is 4.22. The van der Waals surface area contributed by atoms with E-state index in [9.17, 15) is 4.79 Å². The maximum atomic E-state index is 10.6. The van der Waals surface area contributed by atoms with Crippen LogP contribution in [0.5, 0.6) is 17.2 Å². The largest absolute Gasteiger partial charge is 1.00 e. The van der Waals surface area contributed by atoms with Gasteiger partial charge in [0.15, 0.2) is 17.2 Å². The van der Waals surface area contributed by atoms with Crippen molar-refractivity contribution in [3.63, 3.8) is 0 Å². The van der Waals surface area contributed by atoms with Crippen molar-refractivity contribution in [1.82, 2.24) is 0 Å². The van der Waals surface area contributed by atoms with Crippen LogP contribution in [0.3, 0.4) is 0 Å². The molecule has 1 aromatic carbocycles. The molecule has 3 N–H and O–H groups in total. The van der Waals surface area contributed by atoms with E-state index in [0.717, 1.165) is 12.1 Å². The van der Waals surface area contributed by atoms with Gasteiger partial charge < -0.3 is 32.7 Å². The molecule has 74 valence electrons. The first-order chi connectivity index (χ1) is 5.52. The van der Waals surface area contributed by atoms with Gasteiger partial charge in [-0.05, 0) is 12.1 Å². The second-order valence-electron chi connectivity index (χ2n) is 2.15. The van der Waals surface area contributed by atoms with Crippen LogP contribution in [-0.4, -0.2) is 20.4 Å². The second-order valence-corrected chi connectivity index (χ2v) is 2.52. The van der Waals surface area contributed by atoms with Gasteiger partial charge in [-0.3, -0.25) is 0 Å². The van der Waals surface area contributed by atoms with Gasteiger partial charge in [0, 0.05) is 10.7 Å². The molecular weight excluding hydrogens is 288 g/mol. The molecule has 0 bridgehead atoms. The third kappa shape index (κ3) is 2.60. The van der Waals surface area contributed by atoms with E-state index < -0.39 is 22.4 Å². The van der Waals surface area contributed by atoms with E-state index in [1.54, 1.807) is 0 Å². The first-order valence-electron chi connectivity index (χ1n) is 2.98. The van der Waals surface area contributed by atoms with Crippen molar-refractivity contribution in [2.45, 2.75) is 0 Å². The molecule has 0 saturated carbocycles. The minimum absolute atomic E-state index is 0. The molecule has 0 amide bonds. The van der Waals surface area contributed by atoms with Crippen LogP contribution in [-0.2, 0) is 35.0 Å². The van der Waals surface area contributed by atoms with Crippen molar-refractivity contribution in [3.05, 3.63) is 17.7 Å². The third-order valence-corrected chi connectivity index (χ3v) is 1.54. The number of rotatable bonds is 1. The van der Waals surface area contributed by atoms with Crippen LogP contribution in [0, 0.1) is 0 Å². The van der Waals surface area contributed by atoms with Crippen molar-refractivity contribution in [2.24, 2.45) is 0 Å². The molecule has 0 aromatic heterocycles. The number of carbonyl (C=O) groups is 1. The Morgan fingerprint density at radius 3 is 1.85 bits per heavy atom. The van der Waals surface area contributed by atoms with Gasteiger partial charge in [-0.2, -0.15) is 0 Å². The Hall–Kier alpha value is -0.750. The van der Waals surface area contributed by atoms with Gasteiger partial charge in [0.1, 0.15) is 0 Å². The standard InChI is InChI=1S/C7H6O4S.Ag/c8-4-1-3(7(11)12)2-5(9)6(4)10;/h1-2,8-10H,(H,11,12);/q;+1/p-1. The summed E-state index contributed by atoms with van der Waals surface area (Å²) >= 11 is 4.27. The van der Waals surface area contributed by atoms with Gasteiger partial charge in [0.05, 0.1) is 0 Å². The zero-order valence-electron chi connectivity index (χ0n) is 6.11. The molecule has 0 unspecified atom stereocenters. The van der Waals surface area contributed by atoms with Gasteiger partial charge in [-0.15, -0.1) is 0 Å². The van der Waals surface area contributed by atoms with Crippen molar-refractivity contribution >= 4 is 17.7 Å². The molecule has 0 aliphatic heterocycles. The zero-order valence-corrected chi connectivity index (χ0v) is 8.41. The summed E-state index contributed by atoms with van der Waals surface area (Å²) in [7, 11) is 0. The van der Waals surface area contributed by atoms with Gasteiger partial charge in [-0.25, -0.2) is 0 Å². The van der Waals surface area contributed by atoms with Crippen molar-refractivity contribution < 1.29 is 42.5 Å². The summed E-state index contributed by atoms with van der Waals surface area (Å²) < 4.78 is 0. The smallest absolute Gasteiger partial charge is 0.737 e. The Morgan fingerprint density at radius 2 is 1.54 bits per heavy atom. The molecule has 0 radical (unpaired) electrons. The Balaban J connectivity index is 0.00000144. The van der Waals surface area contributed by atoms with Crippen molar-refractivity contribution in [1.29, 1.82) is 0 Å². The van der Waals surface area contributed by atoms with Gasteiger partial charge >= 0.3 is 22.4 Å². The summed E-state index contributed by atoms with van der Waals surface area (Å²) in [5.41, 5.74) is -0.0298. The molecular formula is C7H5AgO4S. The monoisotopic (exact) mass is 292 g/mol. The molecule has 0 spiro atoms. The fourth-order valence-corrected chi connectivity index (χ4v) is 0.840. The number of benzene rings is 1. The predicted octanol–water partition coefficient (Wildman–Crippen LogP) is 0.488. The topological polar surface area (TPSA) is 77.8 Å². The van der Waals surface area contributed by atoms with E-state index in [-0.39, 0.29) is 27.9 Å². The van der Waals surface area contributed by atoms with Gasteiger partial charge in [-0.1, -0.05) is 0 Å². The molecule has 0 atom stereocenters. The first-order valence-corrected chi connectivity index (χ1v) is 3.39. The van der Waals surface area contributed by atoms with E-state index in [2.05, 4.69) is 12.6 Å². The number of phenolic OH excluding ortho intramolecular Hbond substituents is 3. The Labute approximate surface area is 95.1 Å².